The predicted molar refractivity (Wildman–Crippen MR) is 121 cm³/mol. The minimum atomic E-state index is -1.09. The molecule has 2 aromatic rings. The summed E-state index contributed by atoms with van der Waals surface area (Å²) in [6.07, 6.45) is 3.84. The van der Waals surface area contributed by atoms with E-state index >= 15 is 0 Å². The lowest BCUT2D eigenvalue weighted by atomic mass is 10.1. The van der Waals surface area contributed by atoms with Gasteiger partial charge in [0, 0.05) is 14.2 Å². The minimum Gasteiger partial charge on any atom is -0.478 e. The molecule has 0 saturated carbocycles. The van der Waals surface area contributed by atoms with Crippen LogP contribution in [-0.2, 0) is 39.1 Å². The number of carboxylic acid groups (broad SMARTS) is 1. The number of hydrogen-bond donors (Lipinski definition) is 1. The Kier molecular flexibility index (Phi) is 7.88. The number of carboxylic acids is 1. The topological polar surface area (TPSA) is 121 Å². The van der Waals surface area contributed by atoms with Gasteiger partial charge in [0.05, 0.1) is 50.3 Å². The fourth-order valence-electron chi connectivity index (χ4n) is 3.68. The summed E-state index contributed by atoms with van der Waals surface area (Å²) in [5.41, 5.74) is 1.66. The van der Waals surface area contributed by atoms with Gasteiger partial charge in [-0.05, 0) is 18.9 Å². The molecule has 2 aromatic heterocycles. The number of allylic oxidation sites excluding steroid dienone is 2. The van der Waals surface area contributed by atoms with Gasteiger partial charge in [-0.3, -0.25) is 18.9 Å². The number of aromatic nitrogens is 4. The van der Waals surface area contributed by atoms with Crippen LogP contribution in [-0.4, -0.2) is 69.4 Å². The predicted octanol–water partition coefficient (Wildman–Crippen LogP) is 1.71. The summed E-state index contributed by atoms with van der Waals surface area (Å²) in [6.45, 7) is 5.36. The van der Waals surface area contributed by atoms with Gasteiger partial charge in [-0.25, -0.2) is 14.8 Å². The number of nitrogens with zero attached hydrogens (tertiary/aromatic N) is 5. The number of unbranched alkanes of at least 4 members (excludes halogenated alkanes) is 1. The molecule has 3 rings (SSSR count). The molecule has 0 radical (unpaired) electrons. The van der Waals surface area contributed by atoms with E-state index in [0.717, 1.165) is 18.5 Å². The molecule has 0 aromatic carbocycles. The molecular weight excluding hydrogens is 430 g/mol. The fraction of sp³-hybridized carbons (Fsp3) is 0.545. The molecule has 33 heavy (non-hydrogen) atoms. The zero-order valence-corrected chi connectivity index (χ0v) is 19.8. The summed E-state index contributed by atoms with van der Waals surface area (Å²) in [4.78, 5) is 35.3. The number of hydroxylamine groups is 2. The van der Waals surface area contributed by atoms with Crippen molar-refractivity contribution in [3.05, 3.63) is 39.4 Å². The van der Waals surface area contributed by atoms with Crippen molar-refractivity contribution in [3.63, 3.8) is 0 Å². The summed E-state index contributed by atoms with van der Waals surface area (Å²) >= 11 is 0. The molecular formula is C22H31N5O6. The van der Waals surface area contributed by atoms with Gasteiger partial charge in [-0.15, -0.1) is 0 Å². The fourth-order valence-corrected chi connectivity index (χ4v) is 3.68. The first-order valence-electron chi connectivity index (χ1n) is 11.0. The normalized spacial score (nSPS) is 14.2. The lowest BCUT2D eigenvalue weighted by Crippen LogP contribution is -2.33. The van der Waals surface area contributed by atoms with E-state index in [1.807, 2.05) is 13.8 Å². The lowest BCUT2D eigenvalue weighted by Gasteiger charge is -2.30. The summed E-state index contributed by atoms with van der Waals surface area (Å²) < 4.78 is 14.3. The van der Waals surface area contributed by atoms with Gasteiger partial charge < -0.3 is 14.6 Å². The van der Waals surface area contributed by atoms with Gasteiger partial charge in [-0.1, -0.05) is 20.3 Å². The van der Waals surface area contributed by atoms with E-state index in [1.165, 1.54) is 22.8 Å². The number of aryl methyl sites for hydroxylation is 1. The first-order chi connectivity index (χ1) is 15.9. The molecule has 11 nitrogen and oxygen atoms in total. The molecule has 0 bridgehead atoms. The molecule has 0 saturated heterocycles. The van der Waals surface area contributed by atoms with Crippen LogP contribution in [0.1, 0.15) is 38.2 Å². The summed E-state index contributed by atoms with van der Waals surface area (Å²) in [5.74, 6) is -0.488. The van der Waals surface area contributed by atoms with Crippen LogP contribution >= 0.6 is 0 Å². The molecule has 0 aliphatic carbocycles. The number of hydrogen-bond acceptors (Lipinski definition) is 8. The van der Waals surface area contributed by atoms with Crippen molar-refractivity contribution in [1.29, 1.82) is 0 Å². The summed E-state index contributed by atoms with van der Waals surface area (Å²) in [6, 6.07) is 0. The second kappa shape index (κ2) is 10.6. The maximum atomic E-state index is 13.3. The van der Waals surface area contributed by atoms with E-state index in [1.54, 1.807) is 18.8 Å². The smallest absolute Gasteiger partial charge is 0.333 e. The Balaban J connectivity index is 2.28. The van der Waals surface area contributed by atoms with Gasteiger partial charge in [0.25, 0.3) is 5.56 Å². The Hall–Kier alpha value is -3.18. The largest absolute Gasteiger partial charge is 0.478 e. The van der Waals surface area contributed by atoms with Crippen LogP contribution in [0.5, 0.6) is 0 Å². The summed E-state index contributed by atoms with van der Waals surface area (Å²) in [5, 5.41) is 15.5. The Labute approximate surface area is 191 Å². The average molecular weight is 462 g/mol. The molecule has 11 heteroatoms. The molecule has 0 unspecified atom stereocenters. The van der Waals surface area contributed by atoms with Crippen molar-refractivity contribution in [3.8, 4) is 0 Å². The zero-order valence-electron chi connectivity index (χ0n) is 19.8. The summed E-state index contributed by atoms with van der Waals surface area (Å²) in [7, 11) is 4.63. The van der Waals surface area contributed by atoms with Gasteiger partial charge in [0.2, 0.25) is 5.88 Å². The molecule has 180 valence electrons. The van der Waals surface area contributed by atoms with Crippen molar-refractivity contribution in [2.24, 2.45) is 7.05 Å². The number of aliphatic carboxylic acids is 1. The molecule has 1 aliphatic heterocycles. The Morgan fingerprint density at radius 3 is 2.58 bits per heavy atom. The van der Waals surface area contributed by atoms with E-state index in [4.69, 9.17) is 19.3 Å². The Bertz CT molecular complexity index is 1150. The maximum absolute atomic E-state index is 13.3. The Morgan fingerprint density at radius 2 is 1.97 bits per heavy atom. The van der Waals surface area contributed by atoms with E-state index in [2.05, 4.69) is 5.10 Å². The molecule has 0 spiro atoms. The molecule has 0 amide bonds. The number of ether oxygens (including phenoxy) is 2. The zero-order chi connectivity index (χ0) is 24.1. The second-order valence-corrected chi connectivity index (χ2v) is 7.63. The second-order valence-electron chi connectivity index (χ2n) is 7.63. The number of rotatable bonds is 11. The SMILES string of the molecule is CCCCOC1=C(c2nc3c(CC)n(CCOC)nc3c(=O)n2C)C=C(C(=O)O)CN1OC. The van der Waals surface area contributed by atoms with Crippen LogP contribution in [0.4, 0.5) is 0 Å². The van der Waals surface area contributed by atoms with E-state index in [0.29, 0.717) is 43.2 Å². The Morgan fingerprint density at radius 1 is 1.21 bits per heavy atom. The third-order valence-corrected chi connectivity index (χ3v) is 5.48. The van der Waals surface area contributed by atoms with E-state index in [-0.39, 0.29) is 29.0 Å². The first-order valence-corrected chi connectivity index (χ1v) is 11.0. The first kappa shape index (κ1) is 24.5. The highest BCUT2D eigenvalue weighted by Crippen LogP contribution is 2.30. The van der Waals surface area contributed by atoms with Crippen LogP contribution < -0.4 is 5.56 Å². The molecule has 1 N–H and O–H groups in total. The van der Waals surface area contributed by atoms with Crippen molar-refractivity contribution in [2.45, 2.75) is 39.7 Å². The van der Waals surface area contributed by atoms with Crippen molar-refractivity contribution >= 4 is 22.6 Å². The van der Waals surface area contributed by atoms with Gasteiger partial charge in [-0.2, -0.15) is 5.10 Å². The molecule has 0 atom stereocenters. The maximum Gasteiger partial charge on any atom is 0.333 e. The van der Waals surface area contributed by atoms with E-state index in [9.17, 15) is 14.7 Å². The number of carbonyl (C=O) groups is 1. The average Bonchev–Trinajstić information content (AvgIpc) is 3.17. The standard InChI is InChI=1S/C22H31N5O6/c1-6-8-10-33-21-15(12-14(22(29)30)13-27(21)32-5)19-23-17-16(7-2)26(9-11-31-4)24-18(17)20(28)25(19)3/h12H,6-11,13H2,1-5H3,(H,29,30). The van der Waals surface area contributed by atoms with Crippen LogP contribution in [0, 0.1) is 0 Å². The van der Waals surface area contributed by atoms with Crippen LogP contribution in [0.2, 0.25) is 0 Å². The van der Waals surface area contributed by atoms with Gasteiger partial charge in [0.15, 0.2) is 5.52 Å². The highest BCUT2D eigenvalue weighted by molar-refractivity contribution is 5.93. The van der Waals surface area contributed by atoms with Gasteiger partial charge in [0.1, 0.15) is 11.3 Å². The molecule has 0 fully saturated rings. The quantitative estimate of drug-likeness (QED) is 0.499. The highest BCUT2D eigenvalue weighted by Gasteiger charge is 2.30. The highest BCUT2D eigenvalue weighted by atomic mass is 16.7. The third-order valence-electron chi connectivity index (χ3n) is 5.48. The van der Waals surface area contributed by atoms with Crippen molar-refractivity contribution in [1.82, 2.24) is 24.4 Å². The third kappa shape index (κ3) is 4.79. The van der Waals surface area contributed by atoms with Crippen molar-refractivity contribution < 1.29 is 24.2 Å². The minimum absolute atomic E-state index is 0.00213. The number of fused-ring (bicyclic) bond motifs is 1. The van der Waals surface area contributed by atoms with E-state index < -0.39 is 5.97 Å². The van der Waals surface area contributed by atoms with Gasteiger partial charge >= 0.3 is 5.97 Å². The number of methoxy groups -OCH3 is 1. The van der Waals surface area contributed by atoms with Crippen LogP contribution in [0.3, 0.4) is 0 Å². The lowest BCUT2D eigenvalue weighted by molar-refractivity contribution is -0.145. The van der Waals surface area contributed by atoms with Crippen molar-refractivity contribution in [2.75, 3.05) is 34.0 Å². The van der Waals surface area contributed by atoms with Crippen LogP contribution in [0.15, 0.2) is 22.3 Å². The van der Waals surface area contributed by atoms with Crippen LogP contribution in [0.25, 0.3) is 16.6 Å². The molecule has 3 heterocycles. The molecule has 1 aliphatic rings. The monoisotopic (exact) mass is 461 g/mol.